The zero-order valence-electron chi connectivity index (χ0n) is 13.6. The molecule has 134 valence electrons. The maximum Gasteiger partial charge on any atom is 0.217 e. The Morgan fingerprint density at radius 2 is 2.00 bits per heavy atom. The van der Waals surface area contributed by atoms with E-state index in [1.807, 2.05) is 30.3 Å². The van der Waals surface area contributed by atoms with Gasteiger partial charge in [0, 0.05) is 12.5 Å². The third kappa shape index (κ3) is 3.40. The predicted octanol–water partition coefficient (Wildman–Crippen LogP) is -0.939. The zero-order valence-corrected chi connectivity index (χ0v) is 13.6. The smallest absolute Gasteiger partial charge is 0.217 e. The minimum Gasteiger partial charge on any atom is -0.394 e. The van der Waals surface area contributed by atoms with Gasteiger partial charge >= 0.3 is 0 Å². The van der Waals surface area contributed by atoms with E-state index in [0.29, 0.717) is 5.69 Å². The normalized spacial score (nSPS) is 29.4. The van der Waals surface area contributed by atoms with Gasteiger partial charge in [-0.1, -0.05) is 35.5 Å². The van der Waals surface area contributed by atoms with Crippen molar-refractivity contribution in [2.24, 2.45) is 0 Å². The van der Waals surface area contributed by atoms with E-state index in [4.69, 9.17) is 4.74 Å². The molecular formula is C16H20N4O5. The van der Waals surface area contributed by atoms with E-state index < -0.39 is 43.1 Å². The number of hydrogen-bond donors (Lipinski definition) is 4. The Labute approximate surface area is 143 Å². The Morgan fingerprint density at radius 1 is 1.28 bits per heavy atom. The van der Waals surface area contributed by atoms with E-state index in [1.54, 1.807) is 0 Å². The van der Waals surface area contributed by atoms with Crippen molar-refractivity contribution in [3.63, 3.8) is 0 Å². The largest absolute Gasteiger partial charge is 0.394 e. The van der Waals surface area contributed by atoms with Crippen LogP contribution in [-0.4, -0.2) is 67.2 Å². The van der Waals surface area contributed by atoms with Crippen LogP contribution in [0, 0.1) is 0 Å². The van der Waals surface area contributed by atoms with Gasteiger partial charge in [-0.15, -0.1) is 5.10 Å². The van der Waals surface area contributed by atoms with Crippen LogP contribution in [0.15, 0.2) is 36.5 Å². The SMILES string of the molecule is CC(=O)N[C@@H]1[C@@H](O)[C@H](O)[C@@H](CO)O[C@H]1n1nncc1-c1ccccc1. The van der Waals surface area contributed by atoms with Crippen LogP contribution < -0.4 is 5.32 Å². The van der Waals surface area contributed by atoms with Gasteiger partial charge < -0.3 is 25.4 Å². The molecule has 3 rings (SSSR count). The molecule has 4 N–H and O–H groups in total. The molecule has 0 radical (unpaired) electrons. The lowest BCUT2D eigenvalue weighted by Gasteiger charge is -2.42. The second-order valence-electron chi connectivity index (χ2n) is 5.89. The van der Waals surface area contributed by atoms with Gasteiger partial charge in [0.05, 0.1) is 18.5 Å². The summed E-state index contributed by atoms with van der Waals surface area (Å²) in [7, 11) is 0. The summed E-state index contributed by atoms with van der Waals surface area (Å²) in [6, 6.07) is 8.35. The van der Waals surface area contributed by atoms with Crippen LogP contribution in [0.4, 0.5) is 0 Å². The van der Waals surface area contributed by atoms with Crippen LogP contribution in [-0.2, 0) is 9.53 Å². The molecule has 9 heteroatoms. The molecule has 1 aliphatic rings. The molecule has 1 fully saturated rings. The minimum atomic E-state index is -1.35. The summed E-state index contributed by atoms with van der Waals surface area (Å²) in [4.78, 5) is 11.5. The van der Waals surface area contributed by atoms with Gasteiger partial charge in [-0.2, -0.15) is 0 Å². The number of ether oxygens (including phenoxy) is 1. The summed E-state index contributed by atoms with van der Waals surface area (Å²) in [6.45, 7) is 0.810. The van der Waals surface area contributed by atoms with Crippen molar-refractivity contribution in [2.75, 3.05) is 6.61 Å². The second-order valence-corrected chi connectivity index (χ2v) is 5.89. The molecule has 0 aliphatic carbocycles. The highest BCUT2D eigenvalue weighted by atomic mass is 16.5. The van der Waals surface area contributed by atoms with Crippen molar-refractivity contribution in [3.05, 3.63) is 36.5 Å². The molecule has 25 heavy (non-hydrogen) atoms. The highest BCUT2D eigenvalue weighted by molar-refractivity contribution is 5.73. The molecule has 1 aromatic heterocycles. The summed E-state index contributed by atoms with van der Waals surface area (Å²) in [5.41, 5.74) is 1.43. The van der Waals surface area contributed by atoms with Crippen LogP contribution in [0.3, 0.4) is 0 Å². The number of carbonyl (C=O) groups excluding carboxylic acids is 1. The fourth-order valence-corrected chi connectivity index (χ4v) is 2.94. The average Bonchev–Trinajstić information content (AvgIpc) is 3.09. The first-order chi connectivity index (χ1) is 12.0. The average molecular weight is 348 g/mol. The third-order valence-corrected chi connectivity index (χ3v) is 4.16. The Morgan fingerprint density at radius 3 is 2.64 bits per heavy atom. The minimum absolute atomic E-state index is 0.395. The molecule has 1 aliphatic heterocycles. The molecule has 1 aromatic carbocycles. The first-order valence-electron chi connectivity index (χ1n) is 7.88. The van der Waals surface area contributed by atoms with E-state index in [1.165, 1.54) is 17.8 Å². The molecule has 2 aromatic rings. The lowest BCUT2D eigenvalue weighted by molar-refractivity contribution is -0.219. The number of nitrogens with one attached hydrogen (secondary N) is 1. The summed E-state index contributed by atoms with van der Waals surface area (Å²) in [6.07, 6.45) is -3.11. The van der Waals surface area contributed by atoms with Gasteiger partial charge in [0.15, 0.2) is 6.23 Å². The quantitative estimate of drug-likeness (QED) is 0.561. The summed E-state index contributed by atoms with van der Waals surface area (Å²) >= 11 is 0. The van der Waals surface area contributed by atoms with E-state index >= 15 is 0 Å². The van der Waals surface area contributed by atoms with Crippen molar-refractivity contribution in [2.45, 2.75) is 37.5 Å². The molecule has 0 saturated carbocycles. The van der Waals surface area contributed by atoms with Crippen molar-refractivity contribution >= 4 is 5.91 Å². The number of aromatic nitrogens is 3. The number of benzene rings is 1. The third-order valence-electron chi connectivity index (χ3n) is 4.16. The number of nitrogens with zero attached hydrogens (tertiary/aromatic N) is 3. The highest BCUT2D eigenvalue weighted by Crippen LogP contribution is 2.31. The van der Waals surface area contributed by atoms with Crippen LogP contribution in [0.5, 0.6) is 0 Å². The van der Waals surface area contributed by atoms with E-state index in [-0.39, 0.29) is 0 Å². The topological polar surface area (TPSA) is 130 Å². The lowest BCUT2D eigenvalue weighted by Crippen LogP contribution is -2.62. The molecule has 0 spiro atoms. The monoisotopic (exact) mass is 348 g/mol. The van der Waals surface area contributed by atoms with E-state index in [0.717, 1.165) is 5.56 Å². The summed E-state index contributed by atoms with van der Waals surface area (Å²) in [5.74, 6) is -0.395. The Bertz CT molecular complexity index is 722. The van der Waals surface area contributed by atoms with Crippen LogP contribution in [0.25, 0.3) is 11.3 Å². The molecule has 5 atom stereocenters. The van der Waals surface area contributed by atoms with Crippen LogP contribution >= 0.6 is 0 Å². The highest BCUT2D eigenvalue weighted by Gasteiger charge is 2.46. The first-order valence-corrected chi connectivity index (χ1v) is 7.88. The maximum absolute atomic E-state index is 11.5. The Balaban J connectivity index is 2.01. The molecule has 2 heterocycles. The van der Waals surface area contributed by atoms with Gasteiger partial charge in [-0.25, -0.2) is 4.68 Å². The Kier molecular flexibility index (Phi) is 5.09. The van der Waals surface area contributed by atoms with Crippen molar-refractivity contribution in [1.29, 1.82) is 0 Å². The second kappa shape index (κ2) is 7.28. The first kappa shape index (κ1) is 17.5. The zero-order chi connectivity index (χ0) is 18.0. The van der Waals surface area contributed by atoms with Crippen molar-refractivity contribution < 1.29 is 24.9 Å². The molecular weight excluding hydrogens is 328 g/mol. The molecule has 1 saturated heterocycles. The molecule has 0 bridgehead atoms. The number of carbonyl (C=O) groups is 1. The fraction of sp³-hybridized carbons (Fsp3) is 0.438. The van der Waals surface area contributed by atoms with Gasteiger partial charge in [-0.3, -0.25) is 4.79 Å². The van der Waals surface area contributed by atoms with Crippen molar-refractivity contribution in [3.8, 4) is 11.3 Å². The molecule has 9 nitrogen and oxygen atoms in total. The van der Waals surface area contributed by atoms with Gasteiger partial charge in [0.1, 0.15) is 24.4 Å². The van der Waals surface area contributed by atoms with E-state index in [2.05, 4.69) is 15.6 Å². The number of amides is 1. The standard InChI is InChI=1S/C16H20N4O5/c1-9(22)18-13-15(24)14(23)12(8-21)25-16(13)20-11(7-17-19-20)10-5-3-2-4-6-10/h2-7,12-16,21,23-24H,8H2,1H3,(H,18,22)/t12-,13-,14-,15-,16-/m1/s1. The van der Waals surface area contributed by atoms with Gasteiger partial charge in [-0.05, 0) is 0 Å². The number of aliphatic hydroxyl groups excluding tert-OH is 3. The van der Waals surface area contributed by atoms with Crippen LogP contribution in [0.1, 0.15) is 13.2 Å². The lowest BCUT2D eigenvalue weighted by atomic mass is 9.95. The van der Waals surface area contributed by atoms with E-state index in [9.17, 15) is 20.1 Å². The number of rotatable bonds is 4. The predicted molar refractivity (Wildman–Crippen MR) is 86.1 cm³/mol. The van der Waals surface area contributed by atoms with Gasteiger partial charge in [0.2, 0.25) is 5.91 Å². The fourth-order valence-electron chi connectivity index (χ4n) is 2.94. The Hall–Kier alpha value is -2.33. The van der Waals surface area contributed by atoms with Crippen LogP contribution in [0.2, 0.25) is 0 Å². The molecule has 1 amide bonds. The summed E-state index contributed by atoms with van der Waals surface area (Å²) < 4.78 is 7.15. The van der Waals surface area contributed by atoms with Gasteiger partial charge in [0.25, 0.3) is 0 Å². The number of aliphatic hydroxyl groups is 3. The van der Waals surface area contributed by atoms with Crippen molar-refractivity contribution in [1.82, 2.24) is 20.3 Å². The maximum atomic E-state index is 11.5. The number of hydrogen-bond acceptors (Lipinski definition) is 7. The molecule has 0 unspecified atom stereocenters. The summed E-state index contributed by atoms with van der Waals surface area (Å²) in [5, 5.41) is 40.4.